The van der Waals surface area contributed by atoms with E-state index in [1.807, 2.05) is 0 Å². The van der Waals surface area contributed by atoms with Gasteiger partial charge in [-0.3, -0.25) is 0 Å². The van der Waals surface area contributed by atoms with Crippen LogP contribution in [0.15, 0.2) is 46.9 Å². The summed E-state index contributed by atoms with van der Waals surface area (Å²) in [6.07, 6.45) is -4.80. The number of anilines is 2. The Morgan fingerprint density at radius 3 is 2.43 bits per heavy atom. The number of nitrogens with one attached hydrogen (secondary N) is 2. The van der Waals surface area contributed by atoms with Crippen LogP contribution in [0, 0.1) is 0 Å². The predicted octanol–water partition coefficient (Wildman–Crippen LogP) is 5.65. The van der Waals surface area contributed by atoms with Crippen LogP contribution in [0.4, 0.5) is 29.3 Å². The number of urea groups is 1. The lowest BCUT2D eigenvalue weighted by Crippen LogP contribution is -2.20. The third-order valence-corrected chi connectivity index (χ3v) is 3.12. The Kier molecular flexibility index (Phi) is 5.38. The van der Waals surface area contributed by atoms with Crippen LogP contribution >= 0.6 is 27.5 Å². The van der Waals surface area contributed by atoms with Crippen LogP contribution in [0.5, 0.6) is 5.75 Å². The fourth-order valence-electron chi connectivity index (χ4n) is 1.69. The minimum atomic E-state index is -4.80. The standard InChI is InChI=1S/C14H9BrClF3N2O2/c15-8-4-9(16)6-11(5-8)21-13(22)20-10-2-1-3-12(7-10)23-14(17,18)19/h1-7H,(H2,20,21,22). The van der Waals surface area contributed by atoms with Crippen molar-refractivity contribution in [2.24, 2.45) is 0 Å². The van der Waals surface area contributed by atoms with E-state index in [4.69, 9.17) is 11.6 Å². The summed E-state index contributed by atoms with van der Waals surface area (Å²) >= 11 is 9.08. The topological polar surface area (TPSA) is 50.4 Å². The normalized spacial score (nSPS) is 11.0. The fourth-order valence-corrected chi connectivity index (χ4v) is 2.55. The Hall–Kier alpha value is -1.93. The van der Waals surface area contributed by atoms with E-state index in [0.717, 1.165) is 12.1 Å². The van der Waals surface area contributed by atoms with Crippen LogP contribution in [0.1, 0.15) is 0 Å². The molecule has 0 aromatic heterocycles. The molecule has 0 spiro atoms. The van der Waals surface area contributed by atoms with E-state index in [9.17, 15) is 18.0 Å². The number of amides is 2. The second-order valence-electron chi connectivity index (χ2n) is 4.31. The van der Waals surface area contributed by atoms with Gasteiger partial charge in [0, 0.05) is 26.9 Å². The lowest BCUT2D eigenvalue weighted by molar-refractivity contribution is -0.274. The van der Waals surface area contributed by atoms with E-state index in [-0.39, 0.29) is 5.69 Å². The average molecular weight is 410 g/mol. The molecule has 0 bridgehead atoms. The number of halogens is 5. The lowest BCUT2D eigenvalue weighted by atomic mass is 10.3. The highest BCUT2D eigenvalue weighted by atomic mass is 79.9. The fraction of sp³-hybridized carbons (Fsp3) is 0.0714. The summed E-state index contributed by atoms with van der Waals surface area (Å²) in [5.74, 6) is -0.430. The van der Waals surface area contributed by atoms with Crippen LogP contribution in [0.2, 0.25) is 5.02 Å². The van der Waals surface area contributed by atoms with Crippen molar-refractivity contribution in [3.63, 3.8) is 0 Å². The van der Waals surface area contributed by atoms with E-state index in [1.165, 1.54) is 18.2 Å². The molecule has 2 N–H and O–H groups in total. The van der Waals surface area contributed by atoms with Gasteiger partial charge in [-0.2, -0.15) is 0 Å². The molecule has 2 aromatic carbocycles. The van der Waals surface area contributed by atoms with Crippen molar-refractivity contribution in [1.82, 2.24) is 0 Å². The van der Waals surface area contributed by atoms with Crippen molar-refractivity contribution in [2.45, 2.75) is 6.36 Å². The number of hydrogen-bond donors (Lipinski definition) is 2. The molecule has 0 atom stereocenters. The van der Waals surface area contributed by atoms with Crippen molar-refractivity contribution in [3.05, 3.63) is 52.0 Å². The first-order chi connectivity index (χ1) is 10.7. The first-order valence-electron chi connectivity index (χ1n) is 6.11. The molecule has 0 fully saturated rings. The quantitative estimate of drug-likeness (QED) is 0.689. The molecule has 4 nitrogen and oxygen atoms in total. The monoisotopic (exact) mass is 408 g/mol. The highest BCUT2D eigenvalue weighted by molar-refractivity contribution is 9.10. The van der Waals surface area contributed by atoms with Crippen molar-refractivity contribution in [1.29, 1.82) is 0 Å². The molecule has 2 rings (SSSR count). The minimum Gasteiger partial charge on any atom is -0.406 e. The van der Waals surface area contributed by atoms with Crippen LogP contribution in [0.25, 0.3) is 0 Å². The van der Waals surface area contributed by atoms with Crippen molar-refractivity contribution in [2.75, 3.05) is 10.6 Å². The highest BCUT2D eigenvalue weighted by Gasteiger charge is 2.31. The van der Waals surface area contributed by atoms with E-state index in [0.29, 0.717) is 15.2 Å². The Morgan fingerprint density at radius 2 is 1.78 bits per heavy atom. The summed E-state index contributed by atoms with van der Waals surface area (Å²) < 4.78 is 40.9. The van der Waals surface area contributed by atoms with Gasteiger partial charge in [0.25, 0.3) is 0 Å². The van der Waals surface area contributed by atoms with Gasteiger partial charge in [0.15, 0.2) is 0 Å². The first kappa shape index (κ1) is 17.4. The SMILES string of the molecule is O=C(Nc1cc(Cl)cc(Br)c1)Nc1cccc(OC(F)(F)F)c1. The number of rotatable bonds is 3. The number of benzene rings is 2. The molecule has 122 valence electrons. The van der Waals surface area contributed by atoms with Gasteiger partial charge >= 0.3 is 12.4 Å². The zero-order valence-corrected chi connectivity index (χ0v) is 13.6. The van der Waals surface area contributed by atoms with E-state index in [1.54, 1.807) is 12.1 Å². The third-order valence-electron chi connectivity index (χ3n) is 2.45. The molecule has 23 heavy (non-hydrogen) atoms. The number of ether oxygens (including phenoxy) is 1. The van der Waals surface area contributed by atoms with Crippen LogP contribution < -0.4 is 15.4 Å². The number of hydrogen-bond acceptors (Lipinski definition) is 2. The summed E-state index contributed by atoms with van der Waals surface area (Å²) in [6.45, 7) is 0. The number of carbonyl (C=O) groups is 1. The lowest BCUT2D eigenvalue weighted by Gasteiger charge is -2.11. The van der Waals surface area contributed by atoms with E-state index < -0.39 is 18.1 Å². The summed E-state index contributed by atoms with van der Waals surface area (Å²) in [4.78, 5) is 11.9. The molecule has 0 heterocycles. The van der Waals surface area contributed by atoms with Crippen molar-refractivity contribution in [3.8, 4) is 5.75 Å². The molecular formula is C14H9BrClF3N2O2. The summed E-state index contributed by atoms with van der Waals surface area (Å²) in [5.41, 5.74) is 0.565. The molecule has 0 aliphatic carbocycles. The van der Waals surface area contributed by atoms with Gasteiger partial charge in [-0.25, -0.2) is 4.79 Å². The van der Waals surface area contributed by atoms with Crippen LogP contribution in [0.3, 0.4) is 0 Å². The zero-order chi connectivity index (χ0) is 17.0. The second kappa shape index (κ2) is 7.10. The Labute approximate surface area is 142 Å². The number of carbonyl (C=O) groups excluding carboxylic acids is 1. The minimum absolute atomic E-state index is 0.144. The smallest absolute Gasteiger partial charge is 0.406 e. The summed E-state index contributed by atoms with van der Waals surface area (Å²) in [7, 11) is 0. The maximum absolute atomic E-state index is 12.2. The second-order valence-corrected chi connectivity index (χ2v) is 5.66. The van der Waals surface area contributed by atoms with Crippen molar-refractivity contribution >= 4 is 44.9 Å². The molecule has 0 unspecified atom stereocenters. The van der Waals surface area contributed by atoms with Crippen molar-refractivity contribution < 1.29 is 22.7 Å². The molecule has 0 aliphatic heterocycles. The van der Waals surface area contributed by atoms with Gasteiger partial charge in [0.2, 0.25) is 0 Å². The average Bonchev–Trinajstić information content (AvgIpc) is 2.35. The van der Waals surface area contributed by atoms with E-state index in [2.05, 4.69) is 31.3 Å². The Morgan fingerprint density at radius 1 is 1.09 bits per heavy atom. The summed E-state index contributed by atoms with van der Waals surface area (Å²) in [6, 6.07) is 9.09. The molecular weight excluding hydrogens is 401 g/mol. The van der Waals surface area contributed by atoms with Crippen LogP contribution in [-0.4, -0.2) is 12.4 Å². The molecule has 0 saturated carbocycles. The third kappa shape index (κ3) is 5.99. The van der Waals surface area contributed by atoms with Crippen LogP contribution in [-0.2, 0) is 0 Å². The molecule has 2 aromatic rings. The van der Waals surface area contributed by atoms with Gasteiger partial charge in [-0.05, 0) is 30.3 Å². The largest absolute Gasteiger partial charge is 0.573 e. The molecule has 0 radical (unpaired) electrons. The van der Waals surface area contributed by atoms with E-state index >= 15 is 0 Å². The maximum atomic E-state index is 12.2. The van der Waals surface area contributed by atoms with Gasteiger partial charge in [-0.15, -0.1) is 13.2 Å². The van der Waals surface area contributed by atoms with Gasteiger partial charge in [0.1, 0.15) is 5.75 Å². The highest BCUT2D eigenvalue weighted by Crippen LogP contribution is 2.26. The number of alkyl halides is 3. The molecule has 0 aliphatic rings. The maximum Gasteiger partial charge on any atom is 0.573 e. The van der Waals surface area contributed by atoms with Gasteiger partial charge in [-0.1, -0.05) is 33.6 Å². The Balaban J connectivity index is 2.04. The Bertz CT molecular complexity index is 705. The molecule has 2 amide bonds. The van der Waals surface area contributed by atoms with Gasteiger partial charge < -0.3 is 15.4 Å². The summed E-state index contributed by atoms with van der Waals surface area (Å²) in [5, 5.41) is 5.32. The zero-order valence-electron chi connectivity index (χ0n) is 11.2. The predicted molar refractivity (Wildman–Crippen MR) is 84.9 cm³/mol. The molecule has 9 heteroatoms. The first-order valence-corrected chi connectivity index (χ1v) is 7.28. The van der Waals surface area contributed by atoms with Gasteiger partial charge in [0.05, 0.1) is 0 Å². The molecule has 0 saturated heterocycles.